The van der Waals surface area contributed by atoms with Gasteiger partial charge in [0.1, 0.15) is 0 Å². The van der Waals surface area contributed by atoms with Crippen LogP contribution in [0.15, 0.2) is 91.0 Å². The van der Waals surface area contributed by atoms with Crippen LogP contribution in [0, 0.1) is 0 Å². The largest absolute Gasteiger partial charge is 0.478 e. The molecule has 208 valence electrons. The molecule has 10 nitrogen and oxygen atoms in total. The van der Waals surface area contributed by atoms with Gasteiger partial charge in [0.25, 0.3) is 11.8 Å². The lowest BCUT2D eigenvalue weighted by Gasteiger charge is -2.23. The van der Waals surface area contributed by atoms with E-state index in [1.54, 1.807) is 36.4 Å². The molecule has 0 aliphatic heterocycles. The Balaban J connectivity index is 1.58. The van der Waals surface area contributed by atoms with E-state index in [9.17, 15) is 29.1 Å². The zero-order valence-electron chi connectivity index (χ0n) is 20.9. The summed E-state index contributed by atoms with van der Waals surface area (Å²) in [4.78, 5) is 63.7. The van der Waals surface area contributed by atoms with Crippen LogP contribution < -0.4 is 10.9 Å². The average Bonchev–Trinajstić information content (AvgIpc) is 2.97. The molecule has 0 fully saturated rings. The van der Waals surface area contributed by atoms with E-state index in [-0.39, 0.29) is 16.7 Å². The summed E-state index contributed by atoms with van der Waals surface area (Å²) < 4.78 is 10.3. The van der Waals surface area contributed by atoms with Crippen molar-refractivity contribution in [2.45, 2.75) is 12.2 Å². The number of carboxylic acids is 1. The number of aliphatic carboxylic acids is 1. The number of rotatable bonds is 8. The molecule has 3 N–H and O–H groups in total. The van der Waals surface area contributed by atoms with Crippen molar-refractivity contribution in [2.75, 3.05) is 0 Å². The SMILES string of the molecule is O=C(O[C@H](C(=O)NNC(=O)c1cccc2ccccc12)[C@@H](OC(=O)c1ccc(Cl)cc1)C(=O)O)c1ccc(Cl)cc1. The van der Waals surface area contributed by atoms with Gasteiger partial charge in [-0.15, -0.1) is 0 Å². The topological polar surface area (TPSA) is 148 Å². The highest BCUT2D eigenvalue weighted by molar-refractivity contribution is 6.31. The van der Waals surface area contributed by atoms with Crippen LogP contribution in [0.5, 0.6) is 0 Å². The molecule has 0 unspecified atom stereocenters. The Morgan fingerprint density at radius 3 is 1.71 bits per heavy atom. The van der Waals surface area contributed by atoms with Gasteiger partial charge < -0.3 is 14.6 Å². The highest BCUT2D eigenvalue weighted by Gasteiger charge is 2.41. The number of halogens is 2. The predicted molar refractivity (Wildman–Crippen MR) is 149 cm³/mol. The van der Waals surface area contributed by atoms with Gasteiger partial charge in [-0.1, -0.05) is 59.6 Å². The molecule has 0 bridgehead atoms. The molecule has 0 spiro atoms. The van der Waals surface area contributed by atoms with Crippen molar-refractivity contribution in [3.8, 4) is 0 Å². The summed E-state index contributed by atoms with van der Waals surface area (Å²) >= 11 is 11.7. The third kappa shape index (κ3) is 7.18. The van der Waals surface area contributed by atoms with Crippen LogP contribution in [-0.2, 0) is 19.1 Å². The predicted octanol–water partition coefficient (Wildman–Crippen LogP) is 4.44. The summed E-state index contributed by atoms with van der Waals surface area (Å²) in [5.41, 5.74) is 4.31. The minimum absolute atomic E-state index is 0.0693. The van der Waals surface area contributed by atoms with Crippen LogP contribution in [0.3, 0.4) is 0 Å². The molecular formula is C29H20Cl2N2O8. The van der Waals surface area contributed by atoms with Crippen LogP contribution in [0.2, 0.25) is 10.0 Å². The zero-order chi connectivity index (χ0) is 29.5. The second-order valence-electron chi connectivity index (χ2n) is 8.47. The van der Waals surface area contributed by atoms with Crippen molar-refractivity contribution >= 4 is 63.7 Å². The number of hydrogen-bond acceptors (Lipinski definition) is 7. The second kappa shape index (κ2) is 12.9. The lowest BCUT2D eigenvalue weighted by molar-refractivity contribution is -0.159. The quantitative estimate of drug-likeness (QED) is 0.200. The third-order valence-electron chi connectivity index (χ3n) is 5.74. The van der Waals surface area contributed by atoms with Gasteiger partial charge in [-0.05, 0) is 65.4 Å². The van der Waals surface area contributed by atoms with Crippen LogP contribution in [-0.4, -0.2) is 47.0 Å². The average molecular weight is 595 g/mol. The van der Waals surface area contributed by atoms with E-state index in [2.05, 4.69) is 10.9 Å². The van der Waals surface area contributed by atoms with Gasteiger partial charge in [0, 0.05) is 15.6 Å². The maximum atomic E-state index is 13.2. The van der Waals surface area contributed by atoms with Crippen molar-refractivity contribution in [3.63, 3.8) is 0 Å². The number of ether oxygens (including phenoxy) is 2. The van der Waals surface area contributed by atoms with Gasteiger partial charge in [-0.2, -0.15) is 0 Å². The fourth-order valence-corrected chi connectivity index (χ4v) is 3.97. The molecule has 4 aromatic carbocycles. The van der Waals surface area contributed by atoms with E-state index in [1.165, 1.54) is 54.6 Å². The standard InChI is InChI=1S/C29H20Cl2N2O8/c30-19-12-8-17(9-13-19)28(38)40-23(24(27(36)37)41-29(39)18-10-14-20(31)15-11-18)26(35)33-32-25(34)22-7-3-5-16-4-1-2-6-21(16)22/h1-15,23-24H,(H,32,34)(H,33,35)(H,36,37)/t23-,24+/m0/s1. The lowest BCUT2D eigenvalue weighted by atomic mass is 10.0. The second-order valence-corrected chi connectivity index (χ2v) is 9.35. The molecule has 41 heavy (non-hydrogen) atoms. The maximum absolute atomic E-state index is 13.2. The Morgan fingerprint density at radius 2 is 1.15 bits per heavy atom. The summed E-state index contributed by atoms with van der Waals surface area (Å²) in [7, 11) is 0. The summed E-state index contributed by atoms with van der Waals surface area (Å²) in [5, 5.41) is 11.8. The number of benzene rings is 4. The summed E-state index contributed by atoms with van der Waals surface area (Å²) in [6.07, 6.45) is -4.52. The molecular weight excluding hydrogens is 575 g/mol. The van der Waals surface area contributed by atoms with Crippen molar-refractivity contribution in [1.29, 1.82) is 0 Å². The Morgan fingerprint density at radius 1 is 0.634 bits per heavy atom. The molecule has 12 heteroatoms. The molecule has 4 rings (SSSR count). The first-order valence-electron chi connectivity index (χ1n) is 11.9. The van der Waals surface area contributed by atoms with E-state index < -0.39 is 41.9 Å². The molecule has 0 heterocycles. The molecule has 0 saturated heterocycles. The first-order chi connectivity index (χ1) is 19.6. The summed E-state index contributed by atoms with van der Waals surface area (Å²) in [6.45, 7) is 0. The molecule has 0 radical (unpaired) electrons. The Bertz CT molecular complexity index is 1620. The molecule has 2 atom stereocenters. The van der Waals surface area contributed by atoms with Crippen LogP contribution in [0.1, 0.15) is 31.1 Å². The number of fused-ring (bicyclic) bond motifs is 1. The number of nitrogens with one attached hydrogen (secondary N) is 2. The van der Waals surface area contributed by atoms with Gasteiger partial charge in [0.05, 0.1) is 11.1 Å². The normalized spacial score (nSPS) is 12.0. The van der Waals surface area contributed by atoms with Crippen molar-refractivity contribution in [3.05, 3.63) is 118 Å². The molecule has 2 amide bonds. The molecule has 4 aromatic rings. The Kier molecular flexibility index (Phi) is 9.18. The van der Waals surface area contributed by atoms with Gasteiger partial charge >= 0.3 is 17.9 Å². The maximum Gasteiger partial charge on any atom is 0.349 e. The highest BCUT2D eigenvalue weighted by atomic mass is 35.5. The third-order valence-corrected chi connectivity index (χ3v) is 6.24. The molecule has 0 aliphatic carbocycles. The fraction of sp³-hybridized carbons (Fsp3) is 0.0690. The summed E-state index contributed by atoms with van der Waals surface area (Å²) in [5.74, 6) is -6.05. The number of hydrazine groups is 1. The van der Waals surface area contributed by atoms with Gasteiger partial charge in [0.2, 0.25) is 12.2 Å². The highest BCUT2D eigenvalue weighted by Crippen LogP contribution is 2.19. The van der Waals surface area contributed by atoms with Crippen molar-refractivity contribution in [2.24, 2.45) is 0 Å². The molecule has 0 aromatic heterocycles. The zero-order valence-corrected chi connectivity index (χ0v) is 22.4. The van der Waals surface area contributed by atoms with E-state index >= 15 is 0 Å². The monoisotopic (exact) mass is 594 g/mol. The molecule has 0 aliphatic rings. The van der Waals surface area contributed by atoms with Gasteiger partial charge in [0.15, 0.2) is 0 Å². The van der Waals surface area contributed by atoms with E-state index in [0.29, 0.717) is 15.4 Å². The van der Waals surface area contributed by atoms with Gasteiger partial charge in [-0.25, -0.2) is 14.4 Å². The number of carbonyl (C=O) groups excluding carboxylic acids is 4. The van der Waals surface area contributed by atoms with Gasteiger partial charge in [-0.3, -0.25) is 20.4 Å². The number of carbonyl (C=O) groups is 5. The van der Waals surface area contributed by atoms with E-state index in [1.807, 2.05) is 0 Å². The van der Waals surface area contributed by atoms with Crippen LogP contribution in [0.25, 0.3) is 10.8 Å². The first-order valence-corrected chi connectivity index (χ1v) is 12.6. The fourth-order valence-electron chi connectivity index (χ4n) is 3.71. The summed E-state index contributed by atoms with van der Waals surface area (Å²) in [6, 6.07) is 22.6. The number of amides is 2. The number of esters is 2. The number of carboxylic acid groups (broad SMARTS) is 1. The first kappa shape index (κ1) is 29.1. The van der Waals surface area contributed by atoms with E-state index in [0.717, 1.165) is 5.39 Å². The van der Waals surface area contributed by atoms with Crippen LogP contribution >= 0.6 is 23.2 Å². The van der Waals surface area contributed by atoms with Crippen molar-refractivity contribution in [1.82, 2.24) is 10.9 Å². The minimum Gasteiger partial charge on any atom is -0.478 e. The number of hydrogen-bond donors (Lipinski definition) is 3. The Hall–Kier alpha value is -4.93. The lowest BCUT2D eigenvalue weighted by Crippen LogP contribution is -2.54. The Labute approximate surface area is 242 Å². The van der Waals surface area contributed by atoms with Crippen LogP contribution in [0.4, 0.5) is 0 Å². The minimum atomic E-state index is -2.30. The van der Waals surface area contributed by atoms with Crippen molar-refractivity contribution < 1.29 is 38.6 Å². The smallest absolute Gasteiger partial charge is 0.349 e. The molecule has 0 saturated carbocycles. The van der Waals surface area contributed by atoms with E-state index in [4.69, 9.17) is 32.7 Å².